The number of benzene rings is 1. The molecular formula is C16H22N2S. The molecule has 0 radical (unpaired) electrons. The second kappa shape index (κ2) is 5.49. The molecule has 2 nitrogen and oxygen atoms in total. The number of rotatable bonds is 3. The third-order valence-corrected chi connectivity index (χ3v) is 4.89. The van der Waals surface area contributed by atoms with Gasteiger partial charge in [0.05, 0.1) is 0 Å². The molecule has 102 valence electrons. The maximum absolute atomic E-state index is 5.43. The number of nitrogens with one attached hydrogen (secondary N) is 2. The summed E-state index contributed by atoms with van der Waals surface area (Å²) >= 11 is 5.43. The largest absolute Gasteiger partial charge is 0.359 e. The van der Waals surface area contributed by atoms with Crippen molar-refractivity contribution in [1.82, 2.24) is 5.32 Å². The Morgan fingerprint density at radius 3 is 2.58 bits per heavy atom. The molecule has 0 saturated heterocycles. The van der Waals surface area contributed by atoms with E-state index in [0.29, 0.717) is 6.04 Å². The summed E-state index contributed by atoms with van der Waals surface area (Å²) in [6.07, 6.45) is 6.61. The maximum Gasteiger partial charge on any atom is 0.171 e. The Balaban J connectivity index is 1.53. The van der Waals surface area contributed by atoms with Gasteiger partial charge in [-0.15, -0.1) is 0 Å². The number of anilines is 1. The molecule has 0 heterocycles. The highest BCUT2D eigenvalue weighted by atomic mass is 32.1. The second-order valence-electron chi connectivity index (χ2n) is 5.93. The van der Waals surface area contributed by atoms with Crippen molar-refractivity contribution in [2.45, 2.75) is 45.1 Å². The van der Waals surface area contributed by atoms with Crippen LogP contribution in [0.15, 0.2) is 24.3 Å². The van der Waals surface area contributed by atoms with Gasteiger partial charge in [-0.2, -0.15) is 0 Å². The van der Waals surface area contributed by atoms with Crippen LogP contribution in [0.25, 0.3) is 0 Å². The van der Waals surface area contributed by atoms with Crippen LogP contribution in [-0.4, -0.2) is 11.2 Å². The molecule has 19 heavy (non-hydrogen) atoms. The first-order chi connectivity index (χ1) is 9.24. The Kier molecular flexibility index (Phi) is 3.74. The van der Waals surface area contributed by atoms with E-state index in [1.807, 2.05) is 0 Å². The van der Waals surface area contributed by atoms with Crippen LogP contribution < -0.4 is 10.6 Å². The van der Waals surface area contributed by atoms with Gasteiger partial charge in [-0.3, -0.25) is 0 Å². The fraction of sp³-hybridized carbons (Fsp3) is 0.562. The maximum atomic E-state index is 5.43. The molecule has 1 aromatic carbocycles. The lowest BCUT2D eigenvalue weighted by atomic mass is 9.96. The van der Waals surface area contributed by atoms with Gasteiger partial charge in [0.2, 0.25) is 0 Å². The average molecular weight is 274 g/mol. The first kappa shape index (κ1) is 12.9. The molecule has 0 aromatic heterocycles. The van der Waals surface area contributed by atoms with Crippen LogP contribution in [0, 0.1) is 11.8 Å². The Morgan fingerprint density at radius 1 is 1.21 bits per heavy atom. The van der Waals surface area contributed by atoms with Gasteiger partial charge < -0.3 is 10.6 Å². The molecule has 1 aromatic rings. The zero-order valence-electron chi connectivity index (χ0n) is 11.5. The minimum atomic E-state index is 0.605. The smallest absolute Gasteiger partial charge is 0.171 e. The molecule has 0 amide bonds. The van der Waals surface area contributed by atoms with Crippen LogP contribution >= 0.6 is 12.2 Å². The quantitative estimate of drug-likeness (QED) is 0.821. The van der Waals surface area contributed by atoms with Gasteiger partial charge in [0.25, 0.3) is 0 Å². The molecule has 2 aliphatic carbocycles. The fourth-order valence-electron chi connectivity index (χ4n) is 3.58. The molecule has 2 N–H and O–H groups in total. The molecule has 3 heteroatoms. The third kappa shape index (κ3) is 2.92. The van der Waals surface area contributed by atoms with E-state index < -0.39 is 0 Å². The first-order valence-corrected chi connectivity index (χ1v) is 7.82. The molecule has 2 aliphatic rings. The van der Waals surface area contributed by atoms with E-state index in [9.17, 15) is 0 Å². The number of thiocarbonyl (C=S) groups is 1. The summed E-state index contributed by atoms with van der Waals surface area (Å²) in [7, 11) is 0. The monoisotopic (exact) mass is 274 g/mol. The van der Waals surface area contributed by atoms with Gasteiger partial charge in [-0.25, -0.2) is 0 Å². The lowest BCUT2D eigenvalue weighted by molar-refractivity contribution is 0.392. The van der Waals surface area contributed by atoms with Crippen molar-refractivity contribution < 1.29 is 0 Å². The molecule has 0 aliphatic heterocycles. The first-order valence-electron chi connectivity index (χ1n) is 7.41. The van der Waals surface area contributed by atoms with Crippen LogP contribution in [0.5, 0.6) is 0 Å². The summed E-state index contributed by atoms with van der Waals surface area (Å²) in [6, 6.07) is 9.13. The lowest BCUT2D eigenvalue weighted by Crippen LogP contribution is -2.40. The predicted octanol–water partition coefficient (Wildman–Crippen LogP) is 3.72. The highest BCUT2D eigenvalue weighted by Gasteiger charge is 2.39. The van der Waals surface area contributed by atoms with E-state index in [-0.39, 0.29) is 0 Å². The Bertz CT molecular complexity index is 454. The second-order valence-corrected chi connectivity index (χ2v) is 6.34. The Morgan fingerprint density at radius 2 is 2.00 bits per heavy atom. The van der Waals surface area contributed by atoms with E-state index in [4.69, 9.17) is 12.2 Å². The number of hydrogen-bond donors (Lipinski definition) is 2. The summed E-state index contributed by atoms with van der Waals surface area (Å²) in [5.41, 5.74) is 2.44. The molecular weight excluding hydrogens is 252 g/mol. The predicted molar refractivity (Wildman–Crippen MR) is 84.4 cm³/mol. The van der Waals surface area contributed by atoms with E-state index in [1.54, 1.807) is 0 Å². The van der Waals surface area contributed by atoms with Crippen LogP contribution in [-0.2, 0) is 6.42 Å². The molecule has 2 bridgehead atoms. The van der Waals surface area contributed by atoms with Crippen molar-refractivity contribution in [3.8, 4) is 0 Å². The molecule has 2 saturated carbocycles. The molecule has 3 atom stereocenters. The lowest BCUT2D eigenvalue weighted by Gasteiger charge is -2.24. The van der Waals surface area contributed by atoms with E-state index in [2.05, 4.69) is 41.8 Å². The van der Waals surface area contributed by atoms with Crippen molar-refractivity contribution in [3.05, 3.63) is 29.8 Å². The topological polar surface area (TPSA) is 24.1 Å². The van der Waals surface area contributed by atoms with Crippen LogP contribution in [0.1, 0.15) is 38.2 Å². The fourth-order valence-corrected chi connectivity index (χ4v) is 3.85. The van der Waals surface area contributed by atoms with Gasteiger partial charge in [0.1, 0.15) is 0 Å². The van der Waals surface area contributed by atoms with Crippen molar-refractivity contribution in [2.24, 2.45) is 11.8 Å². The molecule has 3 rings (SSSR count). The highest BCUT2D eigenvalue weighted by molar-refractivity contribution is 7.80. The zero-order valence-corrected chi connectivity index (χ0v) is 12.3. The normalized spacial score (nSPS) is 28.4. The Labute approximate surface area is 121 Å². The zero-order chi connectivity index (χ0) is 13.2. The van der Waals surface area contributed by atoms with E-state index >= 15 is 0 Å². The summed E-state index contributed by atoms with van der Waals surface area (Å²) in [5, 5.41) is 7.59. The van der Waals surface area contributed by atoms with Crippen molar-refractivity contribution in [3.63, 3.8) is 0 Å². The van der Waals surface area contributed by atoms with Gasteiger partial charge in [-0.1, -0.05) is 25.5 Å². The van der Waals surface area contributed by atoms with Gasteiger partial charge in [-0.05, 0) is 67.4 Å². The highest BCUT2D eigenvalue weighted by Crippen LogP contribution is 2.44. The minimum absolute atomic E-state index is 0.605. The third-order valence-electron chi connectivity index (χ3n) is 4.67. The summed E-state index contributed by atoms with van der Waals surface area (Å²) in [4.78, 5) is 0. The van der Waals surface area contributed by atoms with Crippen LogP contribution in [0.2, 0.25) is 0 Å². The number of fused-ring (bicyclic) bond motifs is 2. The molecule has 0 unspecified atom stereocenters. The number of hydrogen-bond acceptors (Lipinski definition) is 1. The van der Waals surface area contributed by atoms with Crippen molar-refractivity contribution in [1.29, 1.82) is 0 Å². The van der Waals surface area contributed by atoms with Crippen LogP contribution in [0.4, 0.5) is 5.69 Å². The minimum Gasteiger partial charge on any atom is -0.359 e. The molecule has 0 spiro atoms. The summed E-state index contributed by atoms with van der Waals surface area (Å²) < 4.78 is 0. The van der Waals surface area contributed by atoms with Crippen molar-refractivity contribution in [2.75, 3.05) is 5.32 Å². The molecule has 2 fully saturated rings. The number of aryl methyl sites for hydroxylation is 1. The van der Waals surface area contributed by atoms with Gasteiger partial charge in [0, 0.05) is 11.7 Å². The SMILES string of the molecule is CCc1ccc(NC(=S)N[C@H]2C[C@H]3CC[C@@H]2C3)cc1. The van der Waals surface area contributed by atoms with Crippen LogP contribution in [0.3, 0.4) is 0 Å². The van der Waals surface area contributed by atoms with Gasteiger partial charge >= 0.3 is 0 Å². The average Bonchev–Trinajstić information content (AvgIpc) is 3.02. The standard InChI is InChI=1S/C16H22N2S/c1-2-11-4-7-14(8-5-11)17-16(19)18-15-10-12-3-6-13(15)9-12/h4-5,7-8,12-13,15H,2-3,6,9-10H2,1H3,(H2,17,18,19)/t12-,13+,15-/m0/s1. The summed E-state index contributed by atoms with van der Waals surface area (Å²) in [6.45, 7) is 2.17. The van der Waals surface area contributed by atoms with E-state index in [0.717, 1.165) is 29.1 Å². The van der Waals surface area contributed by atoms with Gasteiger partial charge in [0.15, 0.2) is 5.11 Å². The van der Waals surface area contributed by atoms with Crippen molar-refractivity contribution >= 4 is 23.0 Å². The van der Waals surface area contributed by atoms with E-state index in [1.165, 1.54) is 31.2 Å². The Hall–Kier alpha value is -1.09. The summed E-state index contributed by atoms with van der Waals surface area (Å²) in [5.74, 6) is 1.81.